The number of aliphatic hydroxyl groups is 3. The van der Waals surface area contributed by atoms with E-state index in [2.05, 4.69) is 164 Å². The second-order valence-electron chi connectivity index (χ2n) is 36.5. The molecule has 0 fully saturated rings. The molecule has 0 aliphatic carbocycles. The Hall–Kier alpha value is -9.88. The van der Waals surface area contributed by atoms with E-state index in [4.69, 9.17) is 82.0 Å². The summed E-state index contributed by atoms with van der Waals surface area (Å²) in [5.74, 6) is 7.73. The zero-order chi connectivity index (χ0) is 105. The number of carbonyl (C=O) groups excluding carboxylic acids is 1. The quantitative estimate of drug-likeness (QED) is 0.00763. The van der Waals surface area contributed by atoms with Gasteiger partial charge in [0.2, 0.25) is 5.24 Å². The zero-order valence-electron chi connectivity index (χ0n) is 86.8. The smallest absolute Gasteiger partial charge is 0.369 e. The Morgan fingerprint density at radius 2 is 0.874 bits per heavy atom. The Balaban J connectivity index is 0.000000351. The minimum Gasteiger partial charge on any atom is -0.507 e. The van der Waals surface area contributed by atoms with E-state index in [9.17, 15) is 33.7 Å². The van der Waals surface area contributed by atoms with Crippen molar-refractivity contribution in [2.45, 2.75) is 225 Å². The number of halogens is 5. The summed E-state index contributed by atoms with van der Waals surface area (Å²) in [7, 11) is 6.66. The van der Waals surface area contributed by atoms with Gasteiger partial charge >= 0.3 is 3.18 Å². The number of rotatable bonds is 35. The third-order valence-electron chi connectivity index (χ3n) is 20.7. The number of phenolic OH excluding ortho intramolecular Hbond substituents is 1. The Bertz CT molecular complexity index is 6400. The van der Waals surface area contributed by atoms with E-state index in [1.807, 2.05) is 134 Å². The number of nitrogens with one attached hydrogen (secondary N) is 2. The molecule has 0 atom stereocenters. The maximum atomic E-state index is 10.7. The highest BCUT2D eigenvalue weighted by Crippen LogP contribution is 2.40. The van der Waals surface area contributed by atoms with Crippen molar-refractivity contribution in [1.29, 1.82) is 0 Å². The number of methoxy groups -OCH3 is 2. The molecule has 0 aliphatic heterocycles. The molecule has 14 rings (SSSR count). The van der Waals surface area contributed by atoms with Crippen molar-refractivity contribution >= 4 is 197 Å². The molecule has 8 aromatic heterocycles. The van der Waals surface area contributed by atoms with Gasteiger partial charge in [0.1, 0.15) is 89.1 Å². The van der Waals surface area contributed by atoms with Crippen LogP contribution in [0.4, 0.5) is 22.7 Å². The maximum absolute atomic E-state index is 10.7. The molecule has 14 aromatic rings. The number of imidazole rings is 3. The summed E-state index contributed by atoms with van der Waals surface area (Å²) in [5.41, 5.74) is 23.2. The first-order valence-electron chi connectivity index (χ1n) is 47.1. The molecule has 0 aliphatic rings. The fourth-order valence-electron chi connectivity index (χ4n) is 14.5. The Labute approximate surface area is 875 Å². The van der Waals surface area contributed by atoms with Gasteiger partial charge in [0.15, 0.2) is 5.52 Å². The molecule has 33 nitrogen and oxygen atoms in total. The molecule has 786 valence electrons. The summed E-state index contributed by atoms with van der Waals surface area (Å²) < 4.78 is 73.6. The third-order valence-corrected chi connectivity index (χ3v) is 22.2. The number of carbonyl (C=O) groups is 1. The summed E-state index contributed by atoms with van der Waals surface area (Å²) in [6.45, 7) is 47.7. The molecule has 40 heteroatoms. The van der Waals surface area contributed by atoms with Crippen LogP contribution in [0.25, 0.3) is 87.6 Å². The lowest BCUT2D eigenvalue weighted by Crippen LogP contribution is -2.30. The maximum Gasteiger partial charge on any atom is 0.369 e. The van der Waals surface area contributed by atoms with E-state index in [-0.39, 0.29) is 32.1 Å². The van der Waals surface area contributed by atoms with E-state index >= 15 is 0 Å². The molecule has 6 aromatic carbocycles. The summed E-state index contributed by atoms with van der Waals surface area (Å²) >= 11 is 14.2. The monoisotopic (exact) mass is 2230 g/mol. The number of fused-ring (bicyclic) bond motifs is 11. The number of hydrogen-bond acceptors (Lipinski definition) is 28. The van der Waals surface area contributed by atoms with Crippen molar-refractivity contribution in [1.82, 2.24) is 54.7 Å². The highest BCUT2D eigenvalue weighted by Gasteiger charge is 2.27. The standard InChI is InChI=1S/C22H32N3O4.C22H31N3O3.C17H21N3O2.C14H19N3O.C11H13N3O.C7H7ClO2S.C6H14O.C4H7ClO2.BBr3.H3N.H2O/c1-6-28-14-19-23-16-13-25(27)17-8-7-9-18(29-11-10-22(4,5)26)20(17)21(16)24(19)12-15(2)3;1-6-27-14-19-24-17-12-23-16-8-7-9-18(28-11-10-22(4,5)26)20(16)21(17)25(19)13-15(2)3;1-4-22-10-15-19-13-8-18-12-6-5-7-14(21)16(12)17(13)20(15)9-11(2)3;1-9(2)7-17-14-10(15)8-16-11-5-4-6-12(18-3)13(11)14;1-13-11-7(12)6-14-8-4-3-5-9(15-2)10(8)11;1-6-2-4-7(5-3-6)11(8,9)10;1-4-5-6(2,3)7;1-2-7-3-4(5)6;2-1(3)4;;/h7-9,13,15,26-27H,6,10-12,14H2,1-5H3;7-9,12,15,26H,6,10-11,13-14H2,1-5H3;5-8,11,21H,4,9-10H2,1-3H3;4-6,8-9H,7,15H2,1-3H3,(H,16,17);3-6H,12H2,1-2H3,(H,13,14);2-5H,1H3;7H,4-5H2,1-3H3;2-3H2,1H3;;1H3;1H2/q+1;;;;;;;;;;. The highest BCUT2D eigenvalue weighted by molar-refractivity contribution is 9.69. The Morgan fingerprint density at radius 1 is 0.510 bits per heavy atom. The first kappa shape index (κ1) is 125. The number of aryl methyl sites for hydroxylation is 1. The summed E-state index contributed by atoms with van der Waals surface area (Å²) in [5, 5.41) is 60.3. The number of benzene rings is 6. The number of aromatic hydroxyl groups is 1. The lowest BCUT2D eigenvalue weighted by Gasteiger charge is -2.18. The van der Waals surface area contributed by atoms with Crippen molar-refractivity contribution in [3.8, 4) is 28.7 Å². The van der Waals surface area contributed by atoms with E-state index in [1.165, 1.54) is 12.1 Å². The van der Waals surface area contributed by atoms with Crippen LogP contribution in [-0.4, -0.2) is 187 Å². The summed E-state index contributed by atoms with van der Waals surface area (Å²) in [6, 6.07) is 34.8. The lowest BCUT2D eigenvalue weighted by atomic mass is 10.0. The van der Waals surface area contributed by atoms with Gasteiger partial charge in [-0.05, 0) is 185 Å². The van der Waals surface area contributed by atoms with Crippen LogP contribution in [0.1, 0.15) is 180 Å². The number of pyridine rings is 5. The molecule has 143 heavy (non-hydrogen) atoms. The molecule has 8 heterocycles. The number of nitrogens with two attached hydrogens (primary N) is 2. The minimum absolute atomic E-state index is 0. The lowest BCUT2D eigenvalue weighted by molar-refractivity contribution is -0.883. The van der Waals surface area contributed by atoms with Gasteiger partial charge in [-0.2, -0.15) is 0 Å². The van der Waals surface area contributed by atoms with Gasteiger partial charge in [-0.25, -0.2) is 23.4 Å². The molecule has 0 spiro atoms. The van der Waals surface area contributed by atoms with Crippen molar-refractivity contribution in [2.75, 3.05) is 96.2 Å². The first-order valence-corrected chi connectivity index (χ1v) is 52.5. The molecule has 0 saturated heterocycles. The van der Waals surface area contributed by atoms with Crippen molar-refractivity contribution in [2.24, 2.45) is 23.7 Å². The highest BCUT2D eigenvalue weighted by atomic mass is 79.9. The normalized spacial score (nSPS) is 11.3. The SMILES string of the molecule is BrB(Br)Br.CCCC(C)(C)O.CCOCC(=O)Cl.CCOCc1nc2c[n+](O)c3cccc(OCCC(C)(C)O)c3c2n1CC(C)C.CCOCc1nc2cnc3cccc(O)c3c2n1CC(C)C.CCOCc1nc2cnc3cccc(OCCC(C)(C)O)c3c2n1CC(C)C.CNc1c(N)cnc2cccc(OC)c12.COc1cccc2ncc(N)c(NCC(C)C)c12.Cc1ccc(S(=O)(=O)Cl)cc1.N.O. The molecular formula is C103H149BBr3Cl2N16O17S+. The van der Waals surface area contributed by atoms with Gasteiger partial charge in [-0.15, -0.1) is 47.3 Å². The van der Waals surface area contributed by atoms with Crippen LogP contribution in [0.2, 0.25) is 0 Å². The van der Waals surface area contributed by atoms with Gasteiger partial charge < -0.3 is 106 Å². The van der Waals surface area contributed by atoms with Gasteiger partial charge in [0.25, 0.3) is 20.8 Å². The van der Waals surface area contributed by atoms with Crippen LogP contribution in [0, 0.1) is 30.6 Å². The topological polar surface area (TPSA) is 478 Å². The molecule has 0 saturated carbocycles. The predicted molar refractivity (Wildman–Crippen MR) is 592 cm³/mol. The van der Waals surface area contributed by atoms with E-state index in [1.54, 1.807) is 97.9 Å². The van der Waals surface area contributed by atoms with Crippen LogP contribution in [0.3, 0.4) is 0 Å². The number of nitrogen functional groups attached to an aromatic ring is 2. The number of nitrogens with zero attached hydrogens (tertiary/aromatic N) is 11. The van der Waals surface area contributed by atoms with E-state index in [0.717, 1.165) is 172 Å². The number of aromatic nitrogens is 11. The first-order chi connectivity index (χ1) is 66.6. The molecule has 0 bridgehead atoms. The van der Waals surface area contributed by atoms with Crippen LogP contribution < -0.4 is 51.9 Å². The van der Waals surface area contributed by atoms with Crippen molar-refractivity contribution in [3.63, 3.8) is 0 Å². The second-order valence-corrected chi connectivity index (χ2v) is 45.9. The van der Waals surface area contributed by atoms with E-state index < -0.39 is 31.1 Å². The summed E-state index contributed by atoms with van der Waals surface area (Å²) in [6.07, 6.45) is 11.6. The van der Waals surface area contributed by atoms with Crippen molar-refractivity contribution < 1.29 is 86.9 Å². The van der Waals surface area contributed by atoms with E-state index in [0.29, 0.717) is 124 Å². The van der Waals surface area contributed by atoms with Crippen LogP contribution in [0.5, 0.6) is 28.7 Å². The van der Waals surface area contributed by atoms with Gasteiger partial charge in [0, 0.05) is 94.0 Å². The fraction of sp³-hybridized carbons (Fsp3) is 0.466. The number of hydrogen-bond donors (Lipinski definition) is 10. The predicted octanol–water partition coefficient (Wildman–Crippen LogP) is 21.8. The van der Waals surface area contributed by atoms with Gasteiger partial charge in [-0.3, -0.25) is 29.9 Å². The zero-order valence-corrected chi connectivity index (χ0v) is 93.9. The van der Waals surface area contributed by atoms with Gasteiger partial charge in [-0.1, -0.05) is 117 Å². The second kappa shape index (κ2) is 60.9. The van der Waals surface area contributed by atoms with Crippen molar-refractivity contribution in [3.05, 3.63) is 169 Å². The number of anilines is 4. The van der Waals surface area contributed by atoms with Crippen LogP contribution in [0.15, 0.2) is 151 Å². The fourth-order valence-corrected chi connectivity index (χ4v) is 15.3. The molecule has 0 radical (unpaired) electrons. The Kier molecular flexibility index (Phi) is 53.4. The summed E-state index contributed by atoms with van der Waals surface area (Å²) in [4.78, 5) is 41.8. The minimum atomic E-state index is -3.55. The average molecular weight is 2240 g/mol. The number of ether oxygens (including phenoxy) is 8. The van der Waals surface area contributed by atoms with Crippen LogP contribution >= 0.6 is 69.6 Å². The molecule has 0 unspecified atom stereocenters. The average Bonchev–Trinajstić information content (AvgIpc) is 1.61. The Morgan fingerprint density at radius 3 is 1.24 bits per heavy atom. The third kappa shape index (κ3) is 39.8. The number of phenols is 1. The van der Waals surface area contributed by atoms with Crippen LogP contribution in [-0.2, 0) is 72.2 Å². The molecule has 0 amide bonds. The largest absolute Gasteiger partial charge is 0.507 e. The molecular weight excluding hydrogens is 2090 g/mol. The van der Waals surface area contributed by atoms with Gasteiger partial charge in [0.05, 0.1) is 157 Å². The molecule has 16 N–H and O–H groups in total.